The van der Waals surface area contributed by atoms with Crippen molar-refractivity contribution in [2.75, 3.05) is 0 Å². The molecule has 24 heavy (non-hydrogen) atoms. The molecular weight excluding hydrogens is 300 g/mol. The van der Waals surface area contributed by atoms with E-state index in [1.165, 1.54) is 0 Å². The Hall–Kier alpha value is -3.21. The molecule has 0 saturated heterocycles. The SMILES string of the molecule is Oc1ccc(CCc2nnc3ccc(-c4ccccc4)nn23)cc1. The van der Waals surface area contributed by atoms with Crippen molar-refractivity contribution in [1.82, 2.24) is 19.8 Å². The van der Waals surface area contributed by atoms with E-state index in [1.807, 2.05) is 59.1 Å². The van der Waals surface area contributed by atoms with Crippen molar-refractivity contribution < 1.29 is 5.11 Å². The zero-order valence-electron chi connectivity index (χ0n) is 13.0. The largest absolute Gasteiger partial charge is 0.508 e. The van der Waals surface area contributed by atoms with Gasteiger partial charge in [0.25, 0.3) is 0 Å². The van der Waals surface area contributed by atoms with Gasteiger partial charge in [0, 0.05) is 12.0 Å². The lowest BCUT2D eigenvalue weighted by atomic mass is 10.1. The standard InChI is InChI=1S/C19H16N4O/c24-16-9-6-14(7-10-16)8-12-18-20-21-19-13-11-17(22-23(18)19)15-4-2-1-3-5-15/h1-7,9-11,13,24H,8,12H2. The number of fused-ring (bicyclic) bond motifs is 1. The summed E-state index contributed by atoms with van der Waals surface area (Å²) in [5, 5.41) is 22.5. The number of rotatable bonds is 4. The molecule has 0 fully saturated rings. The van der Waals surface area contributed by atoms with Gasteiger partial charge in [0.05, 0.1) is 5.69 Å². The maximum absolute atomic E-state index is 9.35. The summed E-state index contributed by atoms with van der Waals surface area (Å²) in [5.74, 6) is 1.11. The first-order valence-corrected chi connectivity index (χ1v) is 7.84. The molecule has 1 N–H and O–H groups in total. The van der Waals surface area contributed by atoms with Crippen molar-refractivity contribution in [3.63, 3.8) is 0 Å². The average molecular weight is 316 g/mol. The summed E-state index contributed by atoms with van der Waals surface area (Å²) in [6.07, 6.45) is 1.55. The molecule has 0 aliphatic carbocycles. The quantitative estimate of drug-likeness (QED) is 0.627. The molecule has 2 aromatic carbocycles. The third-order valence-electron chi connectivity index (χ3n) is 3.97. The molecule has 0 aliphatic heterocycles. The van der Waals surface area contributed by atoms with E-state index in [2.05, 4.69) is 15.3 Å². The Morgan fingerprint density at radius 2 is 1.58 bits per heavy atom. The van der Waals surface area contributed by atoms with Gasteiger partial charge < -0.3 is 5.11 Å². The monoisotopic (exact) mass is 316 g/mol. The first kappa shape index (κ1) is 14.4. The molecular formula is C19H16N4O. The number of phenolic OH excluding ortho intramolecular Hbond substituents is 1. The summed E-state index contributed by atoms with van der Waals surface area (Å²) in [6.45, 7) is 0. The van der Waals surface area contributed by atoms with Crippen LogP contribution >= 0.6 is 0 Å². The Labute approximate surface area is 139 Å². The predicted molar refractivity (Wildman–Crippen MR) is 91.7 cm³/mol. The second-order valence-electron chi connectivity index (χ2n) is 5.64. The number of benzene rings is 2. The highest BCUT2D eigenvalue weighted by Gasteiger charge is 2.09. The molecule has 118 valence electrons. The van der Waals surface area contributed by atoms with Gasteiger partial charge in [-0.15, -0.1) is 10.2 Å². The van der Waals surface area contributed by atoms with Gasteiger partial charge in [-0.3, -0.25) is 0 Å². The van der Waals surface area contributed by atoms with Crippen molar-refractivity contribution in [1.29, 1.82) is 0 Å². The molecule has 0 unspecified atom stereocenters. The highest BCUT2D eigenvalue weighted by Crippen LogP contribution is 2.17. The van der Waals surface area contributed by atoms with Crippen molar-refractivity contribution >= 4 is 5.65 Å². The molecule has 4 aromatic rings. The van der Waals surface area contributed by atoms with E-state index in [0.717, 1.165) is 41.1 Å². The number of phenols is 1. The van der Waals surface area contributed by atoms with Crippen LogP contribution in [0.5, 0.6) is 5.75 Å². The van der Waals surface area contributed by atoms with E-state index in [-0.39, 0.29) is 5.75 Å². The highest BCUT2D eigenvalue weighted by molar-refractivity contribution is 5.59. The third kappa shape index (κ3) is 2.84. The van der Waals surface area contributed by atoms with Gasteiger partial charge in [-0.25, -0.2) is 0 Å². The van der Waals surface area contributed by atoms with Crippen LogP contribution in [-0.4, -0.2) is 24.9 Å². The normalized spacial score (nSPS) is 11.0. The Balaban J connectivity index is 1.62. The van der Waals surface area contributed by atoms with E-state index in [0.29, 0.717) is 0 Å². The fraction of sp³-hybridized carbons (Fsp3) is 0.105. The minimum atomic E-state index is 0.279. The minimum Gasteiger partial charge on any atom is -0.508 e. The van der Waals surface area contributed by atoms with Crippen LogP contribution in [0.1, 0.15) is 11.4 Å². The van der Waals surface area contributed by atoms with Crippen molar-refractivity contribution in [3.05, 3.63) is 78.1 Å². The molecule has 5 nitrogen and oxygen atoms in total. The van der Waals surface area contributed by atoms with Crippen LogP contribution in [0.4, 0.5) is 0 Å². The van der Waals surface area contributed by atoms with E-state index >= 15 is 0 Å². The Morgan fingerprint density at radius 1 is 0.792 bits per heavy atom. The third-order valence-corrected chi connectivity index (χ3v) is 3.97. The summed E-state index contributed by atoms with van der Waals surface area (Å²) in [6, 6.07) is 21.2. The maximum Gasteiger partial charge on any atom is 0.177 e. The summed E-state index contributed by atoms with van der Waals surface area (Å²) in [5.41, 5.74) is 3.85. The average Bonchev–Trinajstić information content (AvgIpc) is 3.04. The molecule has 0 spiro atoms. The number of aromatic hydroxyl groups is 1. The molecule has 2 aromatic heterocycles. The van der Waals surface area contributed by atoms with E-state index in [1.54, 1.807) is 12.1 Å². The topological polar surface area (TPSA) is 63.3 Å². The molecule has 2 heterocycles. The molecule has 0 radical (unpaired) electrons. The van der Waals surface area contributed by atoms with Crippen molar-refractivity contribution in [3.8, 4) is 17.0 Å². The molecule has 0 bridgehead atoms. The van der Waals surface area contributed by atoms with E-state index < -0.39 is 0 Å². The van der Waals surface area contributed by atoms with Gasteiger partial charge in [0.2, 0.25) is 0 Å². The summed E-state index contributed by atoms with van der Waals surface area (Å²) >= 11 is 0. The Morgan fingerprint density at radius 3 is 2.38 bits per heavy atom. The van der Waals surface area contributed by atoms with Crippen LogP contribution in [0.25, 0.3) is 16.9 Å². The van der Waals surface area contributed by atoms with Crippen LogP contribution in [0.3, 0.4) is 0 Å². The zero-order valence-corrected chi connectivity index (χ0v) is 13.0. The smallest absolute Gasteiger partial charge is 0.177 e. The summed E-state index contributed by atoms with van der Waals surface area (Å²) in [4.78, 5) is 0. The van der Waals surface area contributed by atoms with Crippen LogP contribution in [0.2, 0.25) is 0 Å². The number of hydrogen-bond donors (Lipinski definition) is 1. The van der Waals surface area contributed by atoms with Crippen LogP contribution in [0.15, 0.2) is 66.7 Å². The van der Waals surface area contributed by atoms with Crippen molar-refractivity contribution in [2.24, 2.45) is 0 Å². The van der Waals surface area contributed by atoms with Crippen LogP contribution < -0.4 is 0 Å². The van der Waals surface area contributed by atoms with Crippen LogP contribution in [-0.2, 0) is 12.8 Å². The molecule has 4 rings (SSSR count). The first-order chi connectivity index (χ1) is 11.8. The minimum absolute atomic E-state index is 0.279. The van der Waals surface area contributed by atoms with Crippen molar-refractivity contribution in [2.45, 2.75) is 12.8 Å². The van der Waals surface area contributed by atoms with Gasteiger partial charge in [-0.05, 0) is 36.2 Å². The number of nitrogens with zero attached hydrogens (tertiary/aromatic N) is 4. The molecule has 0 saturated carbocycles. The predicted octanol–water partition coefficient (Wildman–Crippen LogP) is 3.28. The van der Waals surface area contributed by atoms with Gasteiger partial charge in [0.1, 0.15) is 5.75 Å². The lowest BCUT2D eigenvalue weighted by Crippen LogP contribution is -2.02. The highest BCUT2D eigenvalue weighted by atomic mass is 16.3. The van der Waals surface area contributed by atoms with Crippen LogP contribution in [0, 0.1) is 0 Å². The second-order valence-corrected chi connectivity index (χ2v) is 5.64. The molecule has 0 aliphatic rings. The lowest BCUT2D eigenvalue weighted by molar-refractivity contribution is 0.475. The Bertz CT molecular complexity index is 962. The summed E-state index contributed by atoms with van der Waals surface area (Å²) in [7, 11) is 0. The van der Waals surface area contributed by atoms with E-state index in [4.69, 9.17) is 0 Å². The van der Waals surface area contributed by atoms with Gasteiger partial charge in [0.15, 0.2) is 11.5 Å². The number of aryl methyl sites for hydroxylation is 2. The molecule has 0 amide bonds. The second kappa shape index (κ2) is 6.12. The molecule has 0 atom stereocenters. The fourth-order valence-corrected chi connectivity index (χ4v) is 2.67. The van der Waals surface area contributed by atoms with Gasteiger partial charge >= 0.3 is 0 Å². The Kier molecular flexibility index (Phi) is 3.67. The number of aromatic nitrogens is 4. The van der Waals surface area contributed by atoms with E-state index in [9.17, 15) is 5.11 Å². The molecule has 5 heteroatoms. The maximum atomic E-state index is 9.35. The first-order valence-electron chi connectivity index (χ1n) is 7.84. The lowest BCUT2D eigenvalue weighted by Gasteiger charge is -2.04. The summed E-state index contributed by atoms with van der Waals surface area (Å²) < 4.78 is 1.81. The van der Waals surface area contributed by atoms with Gasteiger partial charge in [-0.2, -0.15) is 9.61 Å². The number of hydrogen-bond acceptors (Lipinski definition) is 4. The zero-order chi connectivity index (χ0) is 16.4. The van der Waals surface area contributed by atoms with Gasteiger partial charge in [-0.1, -0.05) is 42.5 Å². The fourth-order valence-electron chi connectivity index (χ4n) is 2.67.